The van der Waals surface area contributed by atoms with E-state index in [1.165, 1.54) is 25.0 Å². The van der Waals surface area contributed by atoms with Gasteiger partial charge in [0.15, 0.2) is 0 Å². The Hall–Kier alpha value is -1.18. The van der Waals surface area contributed by atoms with Crippen LogP contribution in [-0.4, -0.2) is 30.7 Å². The van der Waals surface area contributed by atoms with Crippen LogP contribution in [0.3, 0.4) is 0 Å². The molecule has 2 fully saturated rings. The van der Waals surface area contributed by atoms with Crippen molar-refractivity contribution in [3.63, 3.8) is 0 Å². The van der Waals surface area contributed by atoms with Gasteiger partial charge in [-0.3, -0.25) is 0 Å². The quantitative estimate of drug-likeness (QED) is 0.349. The highest BCUT2D eigenvalue weighted by atomic mass is 32.1. The van der Waals surface area contributed by atoms with E-state index in [4.69, 9.17) is 0 Å². The fraction of sp³-hybridized carbons (Fsp3) is 0.524. The highest BCUT2D eigenvalue weighted by Crippen LogP contribution is 2.45. The molecule has 28 heavy (non-hydrogen) atoms. The van der Waals surface area contributed by atoms with Crippen LogP contribution in [0.15, 0.2) is 30.3 Å². The average Bonchev–Trinajstić information content (AvgIpc) is 3.31. The molecule has 152 valence electrons. The first kappa shape index (κ1) is 20.1. The van der Waals surface area contributed by atoms with Crippen LogP contribution in [0.4, 0.5) is 17.6 Å². The molecule has 0 radical (unpaired) electrons. The molecule has 2 bridgehead atoms. The maximum absolute atomic E-state index is 13.1. The fourth-order valence-electron chi connectivity index (χ4n) is 4.81. The van der Waals surface area contributed by atoms with E-state index in [1.54, 1.807) is 12.1 Å². The Morgan fingerprint density at radius 3 is 1.75 bits per heavy atom. The first-order valence-corrected chi connectivity index (χ1v) is 11.2. The molecule has 1 nitrogen and oxygen atoms in total. The van der Waals surface area contributed by atoms with Gasteiger partial charge in [0.2, 0.25) is 0 Å². The van der Waals surface area contributed by atoms with Crippen LogP contribution < -0.4 is 0 Å². The summed E-state index contributed by atoms with van der Waals surface area (Å²) in [5.74, 6) is 0.354. The number of hydrogen-bond donors (Lipinski definition) is 0. The second-order valence-corrected chi connectivity index (χ2v) is 10.6. The van der Waals surface area contributed by atoms with E-state index in [-0.39, 0.29) is 9.75 Å². The fourth-order valence-corrected chi connectivity index (χ4v) is 6.68. The predicted molar refractivity (Wildman–Crippen MR) is 107 cm³/mol. The molecule has 2 atom stereocenters. The van der Waals surface area contributed by atoms with E-state index in [2.05, 4.69) is 20.2 Å². The van der Waals surface area contributed by atoms with Crippen LogP contribution in [0.2, 0.25) is 0 Å². The number of halogens is 4. The first-order valence-electron chi connectivity index (χ1n) is 9.57. The van der Waals surface area contributed by atoms with Crippen LogP contribution in [0.1, 0.15) is 58.0 Å². The van der Waals surface area contributed by atoms with Gasteiger partial charge in [0.25, 0.3) is 12.9 Å². The van der Waals surface area contributed by atoms with Gasteiger partial charge in [0.1, 0.15) is 0 Å². The highest BCUT2D eigenvalue weighted by molar-refractivity contribution is 7.15. The van der Waals surface area contributed by atoms with Crippen molar-refractivity contribution in [2.24, 2.45) is 5.92 Å². The lowest BCUT2D eigenvalue weighted by atomic mass is 9.87. The van der Waals surface area contributed by atoms with Gasteiger partial charge in [-0.05, 0) is 30.2 Å². The van der Waals surface area contributed by atoms with E-state index >= 15 is 0 Å². The topological polar surface area (TPSA) is 0 Å². The maximum atomic E-state index is 13.1. The van der Waals surface area contributed by atoms with Crippen molar-refractivity contribution in [3.8, 4) is 0 Å². The average molecular weight is 431 g/mol. The molecule has 2 aromatic heterocycles. The summed E-state index contributed by atoms with van der Waals surface area (Å²) >= 11 is 2.13. The summed E-state index contributed by atoms with van der Waals surface area (Å²) in [7, 11) is 4.59. The third-order valence-electron chi connectivity index (χ3n) is 6.48. The Bertz CT molecular complexity index is 803. The molecule has 2 aliphatic heterocycles. The maximum Gasteiger partial charge on any atom is 0.272 e. The molecule has 0 saturated carbocycles. The number of thiophene rings is 2. The molecular weight excluding hydrogens is 406 g/mol. The van der Waals surface area contributed by atoms with Gasteiger partial charge in [-0.15, -0.1) is 22.7 Å². The number of fused-ring (bicyclic) bond motifs is 2. The summed E-state index contributed by atoms with van der Waals surface area (Å²) < 4.78 is 53.5. The molecule has 0 amide bonds. The lowest BCUT2D eigenvalue weighted by molar-refractivity contribution is -0.931. The minimum atomic E-state index is -2.51. The standard InChI is InChI=1S/C21H24F4NS2/c1-26(2)13-3-4-14(26)10-12(9-13)11-15(16-5-7-18(27-16)20(22)23)17-6-8-19(28-17)21(24)25/h5-8,11-14,20-21H,3-4,9-10H2,1-2H3/q+1. The smallest absolute Gasteiger partial charge is 0.272 e. The van der Waals surface area contributed by atoms with E-state index in [0.29, 0.717) is 18.0 Å². The minimum Gasteiger partial charge on any atom is -0.324 e. The van der Waals surface area contributed by atoms with Crippen LogP contribution in [-0.2, 0) is 0 Å². The normalized spacial score (nSPS) is 26.2. The van der Waals surface area contributed by atoms with Crippen LogP contribution in [0.5, 0.6) is 0 Å². The second-order valence-electron chi connectivity index (χ2n) is 8.33. The monoisotopic (exact) mass is 430 g/mol. The van der Waals surface area contributed by atoms with Crippen LogP contribution in [0.25, 0.3) is 5.57 Å². The Balaban J connectivity index is 1.69. The van der Waals surface area contributed by atoms with Gasteiger partial charge >= 0.3 is 0 Å². The van der Waals surface area contributed by atoms with Gasteiger partial charge in [0.05, 0.1) is 35.9 Å². The zero-order valence-electron chi connectivity index (χ0n) is 15.9. The van der Waals surface area contributed by atoms with Crippen molar-refractivity contribution in [3.05, 3.63) is 49.9 Å². The van der Waals surface area contributed by atoms with Crippen molar-refractivity contribution in [1.29, 1.82) is 0 Å². The van der Waals surface area contributed by atoms with Crippen LogP contribution >= 0.6 is 22.7 Å². The summed E-state index contributed by atoms with van der Waals surface area (Å²) in [5.41, 5.74) is 0.838. The van der Waals surface area contributed by atoms with Crippen molar-refractivity contribution in [1.82, 2.24) is 0 Å². The third kappa shape index (κ3) is 3.68. The summed E-state index contributed by atoms with van der Waals surface area (Å²) in [5, 5.41) is 0. The Morgan fingerprint density at radius 1 is 0.893 bits per heavy atom. The molecule has 0 aromatic carbocycles. The van der Waals surface area contributed by atoms with Gasteiger partial charge < -0.3 is 4.48 Å². The number of alkyl halides is 4. The van der Waals surface area contributed by atoms with Gasteiger partial charge in [0, 0.05) is 41.0 Å². The summed E-state index contributed by atoms with van der Waals surface area (Å²) in [6.07, 6.45) is 1.72. The number of piperidine rings is 1. The van der Waals surface area contributed by atoms with Gasteiger partial charge in [-0.25, -0.2) is 17.6 Å². The van der Waals surface area contributed by atoms with E-state index in [9.17, 15) is 17.6 Å². The second kappa shape index (κ2) is 7.58. The van der Waals surface area contributed by atoms with Crippen molar-refractivity contribution in [2.75, 3.05) is 14.1 Å². The van der Waals surface area contributed by atoms with E-state index < -0.39 is 12.9 Å². The number of rotatable bonds is 5. The van der Waals surface area contributed by atoms with E-state index in [1.807, 2.05) is 0 Å². The molecule has 2 saturated heterocycles. The predicted octanol–water partition coefficient (Wildman–Crippen LogP) is 7.13. The van der Waals surface area contributed by atoms with Gasteiger partial charge in [-0.2, -0.15) is 0 Å². The lowest BCUT2D eigenvalue weighted by Gasteiger charge is -2.43. The zero-order chi connectivity index (χ0) is 20.1. The molecule has 7 heteroatoms. The van der Waals surface area contributed by atoms with Crippen molar-refractivity contribution >= 4 is 28.2 Å². The summed E-state index contributed by atoms with van der Waals surface area (Å²) in [6, 6.07) is 7.53. The molecule has 2 aromatic rings. The Labute approximate surface area is 170 Å². The minimum absolute atomic E-state index is 0.0213. The molecule has 4 heterocycles. The number of nitrogens with zero attached hydrogens (tertiary/aromatic N) is 1. The molecule has 0 N–H and O–H groups in total. The highest BCUT2D eigenvalue weighted by Gasteiger charge is 2.48. The molecule has 0 spiro atoms. The Kier molecular flexibility index (Phi) is 5.44. The summed E-state index contributed by atoms with van der Waals surface area (Å²) in [6.45, 7) is 0. The number of quaternary nitrogens is 1. The third-order valence-corrected chi connectivity index (χ3v) is 8.73. The largest absolute Gasteiger partial charge is 0.324 e. The molecule has 2 unspecified atom stereocenters. The SMILES string of the molecule is C[N+]1(C)C2CCC1CC(C=C(c1ccc(C(F)F)s1)c1ccc(C(F)F)s1)C2. The molecule has 2 aliphatic rings. The molecule has 4 rings (SSSR count). The number of hydrogen-bond acceptors (Lipinski definition) is 2. The van der Waals surface area contributed by atoms with Crippen molar-refractivity contribution in [2.45, 2.75) is 50.6 Å². The summed E-state index contributed by atoms with van der Waals surface area (Å²) in [4.78, 5) is 1.52. The van der Waals surface area contributed by atoms with Crippen molar-refractivity contribution < 1.29 is 22.0 Å². The van der Waals surface area contributed by atoms with Gasteiger partial charge in [-0.1, -0.05) is 6.08 Å². The molecular formula is C21H24F4NS2+. The molecule has 0 aliphatic carbocycles. The first-order chi connectivity index (χ1) is 13.3. The lowest BCUT2D eigenvalue weighted by Crippen LogP contribution is -2.54. The van der Waals surface area contributed by atoms with E-state index in [0.717, 1.165) is 55.3 Å². The number of allylic oxidation sites excluding steroid dienone is 1. The Morgan fingerprint density at radius 2 is 1.36 bits per heavy atom. The zero-order valence-corrected chi connectivity index (χ0v) is 17.5. The van der Waals surface area contributed by atoms with Crippen LogP contribution in [0, 0.1) is 5.92 Å².